The van der Waals surface area contributed by atoms with E-state index in [0.717, 1.165) is 5.69 Å². The predicted molar refractivity (Wildman–Crippen MR) is 70.7 cm³/mol. The predicted octanol–water partition coefficient (Wildman–Crippen LogP) is 4.41. The standard InChI is InChI=1S/C15H23N/c1-12-8-7-11-14(15(12)16)13-9-5-3-2-4-6-10-13/h7-8,11,13H,2-6,9-10,16H2,1H3. The minimum absolute atomic E-state index is 0.709. The van der Waals surface area contributed by atoms with E-state index in [-0.39, 0.29) is 0 Å². The van der Waals surface area contributed by atoms with Gasteiger partial charge in [0.1, 0.15) is 0 Å². The van der Waals surface area contributed by atoms with E-state index in [2.05, 4.69) is 25.1 Å². The Bertz CT molecular complexity index is 335. The second-order valence-corrected chi connectivity index (χ2v) is 5.12. The molecule has 0 atom stereocenters. The lowest BCUT2D eigenvalue weighted by Crippen LogP contribution is -2.06. The molecule has 0 aromatic heterocycles. The number of nitrogens with two attached hydrogens (primary N) is 1. The summed E-state index contributed by atoms with van der Waals surface area (Å²) in [5, 5.41) is 0. The van der Waals surface area contributed by atoms with Crippen LogP contribution in [0.4, 0.5) is 5.69 Å². The highest BCUT2D eigenvalue weighted by Crippen LogP contribution is 2.34. The summed E-state index contributed by atoms with van der Waals surface area (Å²) in [4.78, 5) is 0. The van der Waals surface area contributed by atoms with Crippen molar-refractivity contribution in [3.63, 3.8) is 0 Å². The molecular weight excluding hydrogens is 194 g/mol. The second-order valence-electron chi connectivity index (χ2n) is 5.12. The molecule has 1 heteroatoms. The molecule has 2 N–H and O–H groups in total. The maximum Gasteiger partial charge on any atom is 0.0379 e. The van der Waals surface area contributed by atoms with Crippen LogP contribution in [0.2, 0.25) is 0 Å². The van der Waals surface area contributed by atoms with E-state index in [4.69, 9.17) is 5.73 Å². The first-order chi connectivity index (χ1) is 7.79. The van der Waals surface area contributed by atoms with Gasteiger partial charge in [0.05, 0.1) is 0 Å². The highest BCUT2D eigenvalue weighted by Gasteiger charge is 2.16. The van der Waals surface area contributed by atoms with Gasteiger partial charge in [-0.15, -0.1) is 0 Å². The van der Waals surface area contributed by atoms with Gasteiger partial charge in [0.15, 0.2) is 0 Å². The van der Waals surface area contributed by atoms with Gasteiger partial charge in [0.25, 0.3) is 0 Å². The summed E-state index contributed by atoms with van der Waals surface area (Å²) in [7, 11) is 0. The lowest BCUT2D eigenvalue weighted by atomic mass is 9.84. The smallest absolute Gasteiger partial charge is 0.0379 e. The Morgan fingerprint density at radius 2 is 1.62 bits per heavy atom. The zero-order valence-corrected chi connectivity index (χ0v) is 10.3. The topological polar surface area (TPSA) is 26.0 Å². The van der Waals surface area contributed by atoms with E-state index in [1.807, 2.05) is 0 Å². The number of anilines is 1. The summed E-state index contributed by atoms with van der Waals surface area (Å²) in [5.74, 6) is 0.709. The molecule has 0 unspecified atom stereocenters. The molecule has 0 aliphatic heterocycles. The quantitative estimate of drug-likeness (QED) is 0.693. The van der Waals surface area contributed by atoms with Crippen molar-refractivity contribution in [2.24, 2.45) is 0 Å². The maximum atomic E-state index is 6.20. The molecule has 1 saturated carbocycles. The average Bonchev–Trinajstić information content (AvgIpc) is 2.23. The van der Waals surface area contributed by atoms with Crippen LogP contribution in [0.15, 0.2) is 18.2 Å². The highest BCUT2D eigenvalue weighted by atomic mass is 14.6. The van der Waals surface area contributed by atoms with Gasteiger partial charge in [0.2, 0.25) is 0 Å². The van der Waals surface area contributed by atoms with E-state index in [1.54, 1.807) is 0 Å². The summed E-state index contributed by atoms with van der Waals surface area (Å²) in [5.41, 5.74) is 9.88. The number of nitrogen functional groups attached to an aromatic ring is 1. The first-order valence-electron chi connectivity index (χ1n) is 6.64. The van der Waals surface area contributed by atoms with Gasteiger partial charge in [-0.1, -0.05) is 50.3 Å². The maximum absolute atomic E-state index is 6.20. The van der Waals surface area contributed by atoms with E-state index >= 15 is 0 Å². The Morgan fingerprint density at radius 1 is 1.00 bits per heavy atom. The second kappa shape index (κ2) is 5.38. The van der Waals surface area contributed by atoms with Crippen molar-refractivity contribution in [2.45, 2.75) is 57.8 Å². The van der Waals surface area contributed by atoms with Crippen molar-refractivity contribution < 1.29 is 0 Å². The molecule has 2 rings (SSSR count). The van der Waals surface area contributed by atoms with Gasteiger partial charge in [-0.2, -0.15) is 0 Å². The molecule has 1 aromatic carbocycles. The lowest BCUT2D eigenvalue weighted by molar-refractivity contribution is 0.456. The molecule has 0 spiro atoms. The molecule has 0 bridgehead atoms. The van der Waals surface area contributed by atoms with Crippen LogP contribution in [0, 0.1) is 6.92 Å². The summed E-state index contributed by atoms with van der Waals surface area (Å²) >= 11 is 0. The Kier molecular flexibility index (Phi) is 3.87. The van der Waals surface area contributed by atoms with Crippen LogP contribution in [0.3, 0.4) is 0 Å². The van der Waals surface area contributed by atoms with Crippen LogP contribution >= 0.6 is 0 Å². The lowest BCUT2D eigenvalue weighted by Gasteiger charge is -2.22. The number of hydrogen-bond acceptors (Lipinski definition) is 1. The summed E-state index contributed by atoms with van der Waals surface area (Å²) in [6.45, 7) is 2.11. The fraction of sp³-hybridized carbons (Fsp3) is 0.600. The third kappa shape index (κ3) is 2.58. The number of rotatable bonds is 1. The van der Waals surface area contributed by atoms with Gasteiger partial charge < -0.3 is 5.73 Å². The first-order valence-corrected chi connectivity index (χ1v) is 6.64. The van der Waals surface area contributed by atoms with Crippen LogP contribution in [0.5, 0.6) is 0 Å². The van der Waals surface area contributed by atoms with E-state index in [1.165, 1.54) is 56.1 Å². The van der Waals surface area contributed by atoms with Crippen LogP contribution in [-0.2, 0) is 0 Å². The summed E-state index contributed by atoms with van der Waals surface area (Å²) in [6.07, 6.45) is 9.64. The number of hydrogen-bond donors (Lipinski definition) is 1. The average molecular weight is 217 g/mol. The number of aryl methyl sites for hydroxylation is 1. The van der Waals surface area contributed by atoms with Gasteiger partial charge in [-0.25, -0.2) is 0 Å². The van der Waals surface area contributed by atoms with E-state index < -0.39 is 0 Å². The highest BCUT2D eigenvalue weighted by molar-refractivity contribution is 5.54. The zero-order valence-electron chi connectivity index (χ0n) is 10.3. The largest absolute Gasteiger partial charge is 0.398 e. The van der Waals surface area contributed by atoms with Gasteiger partial charge in [-0.05, 0) is 36.8 Å². The molecule has 0 amide bonds. The molecule has 16 heavy (non-hydrogen) atoms. The van der Waals surface area contributed by atoms with Gasteiger partial charge >= 0.3 is 0 Å². The fourth-order valence-corrected chi connectivity index (χ4v) is 2.83. The van der Waals surface area contributed by atoms with Crippen molar-refractivity contribution in [1.82, 2.24) is 0 Å². The first kappa shape index (κ1) is 11.5. The van der Waals surface area contributed by atoms with Gasteiger partial charge in [0, 0.05) is 5.69 Å². The van der Waals surface area contributed by atoms with Crippen molar-refractivity contribution in [2.75, 3.05) is 5.73 Å². The Labute approximate surface area is 99.0 Å². The number of benzene rings is 1. The minimum atomic E-state index is 0.709. The molecule has 0 saturated heterocycles. The van der Waals surface area contributed by atoms with Crippen molar-refractivity contribution in [1.29, 1.82) is 0 Å². The van der Waals surface area contributed by atoms with Crippen LogP contribution in [-0.4, -0.2) is 0 Å². The van der Waals surface area contributed by atoms with E-state index in [9.17, 15) is 0 Å². The van der Waals surface area contributed by atoms with Gasteiger partial charge in [-0.3, -0.25) is 0 Å². The zero-order chi connectivity index (χ0) is 11.4. The molecule has 1 aromatic rings. The minimum Gasteiger partial charge on any atom is -0.398 e. The molecule has 0 radical (unpaired) electrons. The van der Waals surface area contributed by atoms with Crippen LogP contribution < -0.4 is 5.73 Å². The normalized spacial score (nSPS) is 19.1. The van der Waals surface area contributed by atoms with Crippen molar-refractivity contribution in [3.05, 3.63) is 29.3 Å². The Morgan fingerprint density at radius 3 is 2.31 bits per heavy atom. The fourth-order valence-electron chi connectivity index (χ4n) is 2.83. The van der Waals surface area contributed by atoms with Crippen LogP contribution in [0.1, 0.15) is 62.0 Å². The van der Waals surface area contributed by atoms with E-state index in [0.29, 0.717) is 5.92 Å². The monoisotopic (exact) mass is 217 g/mol. The summed E-state index contributed by atoms with van der Waals surface area (Å²) in [6, 6.07) is 6.50. The molecule has 0 heterocycles. The summed E-state index contributed by atoms with van der Waals surface area (Å²) < 4.78 is 0. The molecule has 1 fully saturated rings. The molecule has 1 aliphatic carbocycles. The Balaban J connectivity index is 2.17. The molecule has 1 aliphatic rings. The van der Waals surface area contributed by atoms with Crippen LogP contribution in [0.25, 0.3) is 0 Å². The van der Waals surface area contributed by atoms with Crippen molar-refractivity contribution >= 4 is 5.69 Å². The molecular formula is C15H23N. The third-order valence-electron chi connectivity index (χ3n) is 3.90. The number of para-hydroxylation sites is 1. The Hall–Kier alpha value is -0.980. The molecule has 88 valence electrons. The van der Waals surface area contributed by atoms with Crippen molar-refractivity contribution in [3.8, 4) is 0 Å². The SMILES string of the molecule is Cc1cccc(C2CCCCCCC2)c1N. The third-order valence-corrected chi connectivity index (χ3v) is 3.90. The molecule has 1 nitrogen and oxygen atoms in total.